The van der Waals surface area contributed by atoms with Crippen molar-refractivity contribution in [3.63, 3.8) is 0 Å². The summed E-state index contributed by atoms with van der Waals surface area (Å²) in [6.07, 6.45) is 9.29. The van der Waals surface area contributed by atoms with Gasteiger partial charge in [0.15, 0.2) is 0 Å². The number of aryl methyl sites for hydroxylation is 1. The third-order valence-electron chi connectivity index (χ3n) is 7.06. The topological polar surface area (TPSA) is 66.4 Å². The predicted octanol–water partition coefficient (Wildman–Crippen LogP) is 3.60. The number of hydrogen-bond acceptors (Lipinski definition) is 5. The van der Waals surface area contributed by atoms with Crippen LogP contribution < -0.4 is 0 Å². The van der Waals surface area contributed by atoms with Gasteiger partial charge in [0, 0.05) is 37.1 Å². The van der Waals surface area contributed by atoms with Crippen LogP contribution in [0.25, 0.3) is 0 Å². The molecule has 1 spiro atoms. The fourth-order valence-electron chi connectivity index (χ4n) is 5.54. The molecule has 3 aliphatic rings. The van der Waals surface area contributed by atoms with Gasteiger partial charge in [-0.25, -0.2) is 4.98 Å². The lowest BCUT2D eigenvalue weighted by Gasteiger charge is -2.58. The number of piperidine rings is 1. The maximum absolute atomic E-state index is 13.4. The number of thiazole rings is 1. The molecule has 2 aromatic heterocycles. The van der Waals surface area contributed by atoms with Crippen molar-refractivity contribution in [2.75, 3.05) is 13.1 Å². The largest absolute Gasteiger partial charge is 0.338 e. The highest BCUT2D eigenvalue weighted by Gasteiger charge is 2.64. The van der Waals surface area contributed by atoms with Crippen LogP contribution in [-0.2, 0) is 4.79 Å². The summed E-state index contributed by atoms with van der Waals surface area (Å²) in [4.78, 5) is 39.9. The molecule has 2 aromatic rings. The van der Waals surface area contributed by atoms with Crippen LogP contribution in [-0.4, -0.2) is 50.7 Å². The highest BCUT2D eigenvalue weighted by atomic mass is 32.1. The number of pyridine rings is 1. The van der Waals surface area contributed by atoms with Gasteiger partial charge in [0.05, 0.1) is 27.5 Å². The number of rotatable bonds is 3. The van der Waals surface area contributed by atoms with Gasteiger partial charge in [0.1, 0.15) is 0 Å². The Hall–Kier alpha value is -2.28. The second-order valence-electron chi connectivity index (χ2n) is 8.54. The van der Waals surface area contributed by atoms with E-state index in [2.05, 4.69) is 21.8 Å². The van der Waals surface area contributed by atoms with Gasteiger partial charge in [-0.15, -0.1) is 11.3 Å². The van der Waals surface area contributed by atoms with E-state index < -0.39 is 0 Å². The number of likely N-dealkylation sites (tertiary alicyclic amines) is 2. The molecule has 2 saturated heterocycles. The molecule has 4 heterocycles. The molecule has 0 bridgehead atoms. The first-order valence-electron chi connectivity index (χ1n) is 10.5. The van der Waals surface area contributed by atoms with Crippen LogP contribution in [0, 0.1) is 12.3 Å². The van der Waals surface area contributed by atoms with Crippen LogP contribution >= 0.6 is 11.3 Å². The van der Waals surface area contributed by atoms with Gasteiger partial charge in [-0.05, 0) is 44.7 Å². The summed E-state index contributed by atoms with van der Waals surface area (Å²) in [5.41, 5.74) is 3.46. The van der Waals surface area contributed by atoms with Crippen molar-refractivity contribution in [2.24, 2.45) is 5.41 Å². The van der Waals surface area contributed by atoms with Gasteiger partial charge in [0.25, 0.3) is 5.91 Å². The Labute approximate surface area is 175 Å². The standard InChI is InChI=1S/C22H26N4O2S/c1-15-18(29-14-24-15)19-22(8-2-3-9-22)21(28)26(19)17-6-12-25(13-7-17)20(27)16-4-10-23-11-5-16/h4-5,10-11,14,17,19H,2-3,6-9,12-13H2,1H3. The molecular formula is C22H26N4O2S. The van der Waals surface area contributed by atoms with E-state index in [0.29, 0.717) is 24.6 Å². The van der Waals surface area contributed by atoms with Gasteiger partial charge < -0.3 is 9.80 Å². The Bertz CT molecular complexity index is 914. The Balaban J connectivity index is 1.33. The van der Waals surface area contributed by atoms with Gasteiger partial charge >= 0.3 is 0 Å². The number of nitrogens with zero attached hydrogens (tertiary/aromatic N) is 4. The predicted molar refractivity (Wildman–Crippen MR) is 111 cm³/mol. The SMILES string of the molecule is Cc1ncsc1C1N(C2CCN(C(=O)c3ccncc3)CC2)C(=O)C12CCCC2. The molecule has 2 amide bonds. The van der Waals surface area contributed by atoms with Crippen molar-refractivity contribution >= 4 is 23.2 Å². The smallest absolute Gasteiger partial charge is 0.253 e. The second kappa shape index (κ2) is 7.20. The molecule has 0 N–H and O–H groups in total. The van der Waals surface area contributed by atoms with Crippen LogP contribution in [0.4, 0.5) is 0 Å². The van der Waals surface area contributed by atoms with Crippen LogP contribution in [0.3, 0.4) is 0 Å². The molecule has 7 heteroatoms. The molecule has 3 fully saturated rings. The molecule has 1 unspecified atom stereocenters. The average Bonchev–Trinajstić information content (AvgIpc) is 3.43. The van der Waals surface area contributed by atoms with E-state index in [9.17, 15) is 9.59 Å². The zero-order chi connectivity index (χ0) is 20.0. The lowest BCUT2D eigenvalue weighted by atomic mass is 9.67. The Morgan fingerprint density at radius 3 is 2.48 bits per heavy atom. The van der Waals surface area contributed by atoms with Gasteiger partial charge in [-0.1, -0.05) is 12.8 Å². The zero-order valence-electron chi connectivity index (χ0n) is 16.7. The zero-order valence-corrected chi connectivity index (χ0v) is 17.5. The summed E-state index contributed by atoms with van der Waals surface area (Å²) >= 11 is 1.69. The monoisotopic (exact) mass is 410 g/mol. The number of β-lactam (4-membered cyclic amide) rings is 1. The molecule has 1 atom stereocenters. The minimum Gasteiger partial charge on any atom is -0.338 e. The quantitative estimate of drug-likeness (QED) is 0.725. The van der Waals surface area contributed by atoms with Crippen molar-refractivity contribution in [2.45, 2.75) is 57.5 Å². The molecule has 1 aliphatic carbocycles. The summed E-state index contributed by atoms with van der Waals surface area (Å²) in [6, 6.07) is 3.92. The van der Waals surface area contributed by atoms with E-state index in [0.717, 1.165) is 44.2 Å². The first-order valence-corrected chi connectivity index (χ1v) is 11.4. The minimum atomic E-state index is -0.193. The fraction of sp³-hybridized carbons (Fsp3) is 0.545. The van der Waals surface area contributed by atoms with E-state index in [1.807, 2.05) is 10.4 Å². The average molecular weight is 411 g/mol. The van der Waals surface area contributed by atoms with Crippen molar-refractivity contribution < 1.29 is 9.59 Å². The van der Waals surface area contributed by atoms with Gasteiger partial charge in [-0.3, -0.25) is 14.6 Å². The van der Waals surface area contributed by atoms with Gasteiger partial charge in [-0.2, -0.15) is 0 Å². The lowest BCUT2D eigenvalue weighted by Crippen LogP contribution is -2.66. The summed E-state index contributed by atoms with van der Waals surface area (Å²) < 4.78 is 0. The molecular weight excluding hydrogens is 384 g/mol. The summed E-state index contributed by atoms with van der Waals surface area (Å²) in [5, 5.41) is 0. The fourth-order valence-corrected chi connectivity index (χ4v) is 6.55. The summed E-state index contributed by atoms with van der Waals surface area (Å²) in [5.74, 6) is 0.398. The number of amides is 2. The van der Waals surface area contributed by atoms with Crippen molar-refractivity contribution in [1.29, 1.82) is 0 Å². The van der Waals surface area contributed by atoms with E-state index in [-0.39, 0.29) is 23.4 Å². The summed E-state index contributed by atoms with van der Waals surface area (Å²) in [6.45, 7) is 3.44. The maximum atomic E-state index is 13.4. The van der Waals surface area contributed by atoms with Crippen LogP contribution in [0.1, 0.15) is 65.5 Å². The molecule has 6 nitrogen and oxygen atoms in total. The molecule has 29 heavy (non-hydrogen) atoms. The molecule has 1 saturated carbocycles. The first-order chi connectivity index (χ1) is 14.1. The third kappa shape index (κ3) is 2.89. The third-order valence-corrected chi connectivity index (χ3v) is 8.04. The molecule has 152 valence electrons. The van der Waals surface area contributed by atoms with E-state index >= 15 is 0 Å². The van der Waals surface area contributed by atoms with E-state index in [4.69, 9.17) is 0 Å². The molecule has 5 rings (SSSR count). The number of carbonyl (C=O) groups is 2. The Morgan fingerprint density at radius 2 is 1.86 bits per heavy atom. The van der Waals surface area contributed by atoms with Crippen LogP contribution in [0.2, 0.25) is 0 Å². The molecule has 0 radical (unpaired) electrons. The Kier molecular flexibility index (Phi) is 4.65. The van der Waals surface area contributed by atoms with E-state index in [1.54, 1.807) is 35.9 Å². The Morgan fingerprint density at radius 1 is 1.17 bits per heavy atom. The summed E-state index contributed by atoms with van der Waals surface area (Å²) in [7, 11) is 0. The van der Waals surface area contributed by atoms with Crippen LogP contribution in [0.15, 0.2) is 30.0 Å². The molecule has 0 aromatic carbocycles. The highest BCUT2D eigenvalue weighted by molar-refractivity contribution is 7.09. The maximum Gasteiger partial charge on any atom is 0.253 e. The first kappa shape index (κ1) is 18.7. The van der Waals surface area contributed by atoms with Crippen molar-refractivity contribution in [3.05, 3.63) is 46.2 Å². The number of aromatic nitrogens is 2. The van der Waals surface area contributed by atoms with Crippen molar-refractivity contribution in [3.8, 4) is 0 Å². The second-order valence-corrected chi connectivity index (χ2v) is 9.43. The number of carbonyl (C=O) groups excluding carboxylic acids is 2. The minimum absolute atomic E-state index is 0.0582. The van der Waals surface area contributed by atoms with E-state index in [1.165, 1.54) is 4.88 Å². The van der Waals surface area contributed by atoms with Gasteiger partial charge in [0.2, 0.25) is 5.91 Å². The van der Waals surface area contributed by atoms with Crippen molar-refractivity contribution in [1.82, 2.24) is 19.8 Å². The lowest BCUT2D eigenvalue weighted by molar-refractivity contribution is -0.180. The molecule has 2 aliphatic heterocycles. The normalized spacial score (nSPS) is 24.2. The van der Waals surface area contributed by atoms with Crippen LogP contribution in [0.5, 0.6) is 0 Å². The number of hydrogen-bond donors (Lipinski definition) is 0. The highest BCUT2D eigenvalue weighted by Crippen LogP contribution is 2.61.